The minimum absolute atomic E-state index is 0.712. The van der Waals surface area contributed by atoms with Gasteiger partial charge in [-0.3, -0.25) is 0 Å². The van der Waals surface area contributed by atoms with Crippen LogP contribution in [0.25, 0.3) is 0 Å². The topological polar surface area (TPSA) is 23.8 Å². The zero-order valence-corrected chi connectivity index (χ0v) is 10.5. The largest absolute Gasteiger partial charge is 0.198 e. The number of nitrogens with zero attached hydrogens (tertiary/aromatic N) is 1. The maximum Gasteiger partial charge on any atom is 0.153 e. The van der Waals surface area contributed by atoms with Crippen molar-refractivity contribution in [2.75, 3.05) is 0 Å². The molecule has 1 atom stereocenters. The lowest BCUT2D eigenvalue weighted by Gasteiger charge is -2.15. The Morgan fingerprint density at radius 2 is 1.85 bits per heavy atom. The predicted octanol–water partition coefficient (Wildman–Crippen LogP) is 4.29. The summed E-state index contributed by atoms with van der Waals surface area (Å²) >= 11 is 6.35. The molecule has 0 aromatic rings. The Balaban J connectivity index is 3.22. The minimum Gasteiger partial charge on any atom is -0.198 e. The third-order valence-electron chi connectivity index (χ3n) is 2.47. The van der Waals surface area contributed by atoms with Crippen LogP contribution < -0.4 is 0 Å². The molecule has 0 fully saturated rings. The van der Waals surface area contributed by atoms with Crippen LogP contribution in [0, 0.1) is 11.3 Å². The summed E-state index contributed by atoms with van der Waals surface area (Å²) < 4.78 is 0. The summed E-state index contributed by atoms with van der Waals surface area (Å²) in [6.07, 6.45) is 5.47. The van der Waals surface area contributed by atoms with Gasteiger partial charge in [0.15, 0.2) is 7.38 Å². The van der Waals surface area contributed by atoms with Crippen molar-refractivity contribution in [1.29, 1.82) is 5.26 Å². The highest BCUT2D eigenvalue weighted by Gasteiger charge is 2.20. The van der Waals surface area contributed by atoms with E-state index in [1.807, 2.05) is 0 Å². The van der Waals surface area contributed by atoms with E-state index in [4.69, 9.17) is 16.3 Å². The van der Waals surface area contributed by atoms with E-state index >= 15 is 0 Å². The molecule has 76 valence electrons. The van der Waals surface area contributed by atoms with Crippen LogP contribution in [0.5, 0.6) is 0 Å². The fraction of sp³-hybridized carbons (Fsp3) is 0.900. The Labute approximate surface area is 87.8 Å². The molecule has 0 N–H and O–H groups in total. The number of unbranched alkanes of at least 4 members (excludes halogenated alkanes) is 4. The Bertz CT molecular complexity index is 163. The Morgan fingerprint density at radius 3 is 2.38 bits per heavy atom. The highest BCUT2D eigenvalue weighted by atomic mass is 35.6. The fourth-order valence-electron chi connectivity index (χ4n) is 1.23. The van der Waals surface area contributed by atoms with Crippen molar-refractivity contribution < 1.29 is 0 Å². The van der Waals surface area contributed by atoms with Gasteiger partial charge < -0.3 is 0 Å². The molecule has 0 bridgehead atoms. The first-order chi connectivity index (χ1) is 6.12. The second kappa shape index (κ2) is 7.41. The van der Waals surface area contributed by atoms with Gasteiger partial charge >= 0.3 is 0 Å². The van der Waals surface area contributed by atoms with E-state index in [0.717, 1.165) is 6.42 Å². The summed E-state index contributed by atoms with van der Waals surface area (Å²) in [6.45, 7) is 4.43. The highest BCUT2D eigenvalue weighted by molar-refractivity contribution is 7.19. The summed E-state index contributed by atoms with van der Waals surface area (Å²) in [5.41, 5.74) is 0. The number of nitriles is 1. The average Bonchev–Trinajstić information content (AvgIpc) is 2.11. The van der Waals surface area contributed by atoms with Crippen LogP contribution >= 0.6 is 11.1 Å². The van der Waals surface area contributed by atoms with E-state index in [-0.39, 0.29) is 0 Å². The van der Waals surface area contributed by atoms with E-state index in [2.05, 4.69) is 19.5 Å². The van der Waals surface area contributed by atoms with E-state index < -0.39 is 7.38 Å². The first-order valence-electron chi connectivity index (χ1n) is 5.18. The summed E-state index contributed by atoms with van der Waals surface area (Å²) in [5.74, 6) is 0. The third-order valence-corrected chi connectivity index (χ3v) is 6.71. The van der Waals surface area contributed by atoms with Gasteiger partial charge in [-0.05, 0) is 18.5 Å². The van der Waals surface area contributed by atoms with Crippen molar-refractivity contribution in [2.45, 2.75) is 57.7 Å². The molecule has 0 saturated heterocycles. The molecule has 0 radical (unpaired) electrons. The van der Waals surface area contributed by atoms with Gasteiger partial charge in [-0.15, -0.1) is 0 Å². The third kappa shape index (κ3) is 8.33. The molecule has 13 heavy (non-hydrogen) atoms. The second-order valence-corrected chi connectivity index (χ2v) is 10.6. The Morgan fingerprint density at radius 1 is 1.23 bits per heavy atom. The molecule has 0 aromatic heterocycles. The Hall–Kier alpha value is -0.00312. The van der Waals surface area contributed by atoms with Gasteiger partial charge in [0.25, 0.3) is 0 Å². The average molecular weight is 218 g/mol. The Kier molecular flexibility index (Phi) is 7.40. The van der Waals surface area contributed by atoms with Crippen molar-refractivity contribution in [3.8, 4) is 6.07 Å². The van der Waals surface area contributed by atoms with Crippen molar-refractivity contribution in [1.82, 2.24) is 0 Å². The molecule has 0 spiro atoms. The van der Waals surface area contributed by atoms with Gasteiger partial charge in [-0.2, -0.15) is 16.3 Å². The van der Waals surface area contributed by atoms with Gasteiger partial charge in [0.05, 0.1) is 6.07 Å². The summed E-state index contributed by atoms with van der Waals surface area (Å²) in [7, 11) is -1.34. The smallest absolute Gasteiger partial charge is 0.153 e. The van der Waals surface area contributed by atoms with Gasteiger partial charge in [0.2, 0.25) is 0 Å². The van der Waals surface area contributed by atoms with E-state index in [1.165, 1.54) is 31.4 Å². The van der Waals surface area contributed by atoms with E-state index in [9.17, 15) is 0 Å². The molecule has 1 nitrogen and oxygen atoms in total. The lowest BCUT2D eigenvalue weighted by atomic mass is 10.2. The standard InChI is InChI=1S/C10H20ClNSi/c1-3-13(2,11)10-8-6-4-5-7-9-12/h3-8,10H2,1-2H3. The minimum atomic E-state index is -1.34. The first kappa shape index (κ1) is 13.0. The number of rotatable bonds is 7. The normalized spacial score (nSPS) is 14.9. The van der Waals surface area contributed by atoms with Gasteiger partial charge in [-0.25, -0.2) is 0 Å². The van der Waals surface area contributed by atoms with Crippen LogP contribution in [0.2, 0.25) is 18.6 Å². The van der Waals surface area contributed by atoms with Crippen LogP contribution in [-0.4, -0.2) is 7.38 Å². The molecule has 0 amide bonds. The van der Waals surface area contributed by atoms with Crippen LogP contribution in [0.4, 0.5) is 0 Å². The second-order valence-electron chi connectivity index (χ2n) is 3.84. The quantitative estimate of drug-likeness (QED) is 0.355. The SMILES string of the molecule is CC[Si](C)(Cl)CCCCCCC#N. The van der Waals surface area contributed by atoms with Crippen LogP contribution in [0.15, 0.2) is 0 Å². The van der Waals surface area contributed by atoms with Crippen molar-refractivity contribution >= 4 is 18.5 Å². The molecule has 0 aromatic carbocycles. The molecule has 0 heterocycles. The fourth-order valence-corrected chi connectivity index (χ4v) is 2.97. The molecule has 0 aliphatic carbocycles. The van der Waals surface area contributed by atoms with Crippen LogP contribution in [0.1, 0.15) is 39.0 Å². The molecule has 1 unspecified atom stereocenters. The maximum atomic E-state index is 8.33. The number of hydrogen-bond acceptors (Lipinski definition) is 1. The zero-order valence-electron chi connectivity index (χ0n) is 8.77. The summed E-state index contributed by atoms with van der Waals surface area (Å²) in [4.78, 5) is 0. The highest BCUT2D eigenvalue weighted by Crippen LogP contribution is 2.23. The van der Waals surface area contributed by atoms with Crippen molar-refractivity contribution in [3.05, 3.63) is 0 Å². The van der Waals surface area contributed by atoms with Gasteiger partial charge in [0.1, 0.15) is 0 Å². The van der Waals surface area contributed by atoms with Gasteiger partial charge in [-0.1, -0.05) is 32.7 Å². The number of hydrogen-bond donors (Lipinski definition) is 0. The maximum absolute atomic E-state index is 8.33. The van der Waals surface area contributed by atoms with Crippen LogP contribution in [-0.2, 0) is 0 Å². The molecule has 0 saturated carbocycles. The van der Waals surface area contributed by atoms with Gasteiger partial charge in [0, 0.05) is 6.42 Å². The molecule has 0 rings (SSSR count). The molecule has 3 heteroatoms. The predicted molar refractivity (Wildman–Crippen MR) is 61.5 cm³/mol. The van der Waals surface area contributed by atoms with Crippen molar-refractivity contribution in [3.63, 3.8) is 0 Å². The monoisotopic (exact) mass is 217 g/mol. The lowest BCUT2D eigenvalue weighted by molar-refractivity contribution is 0.674. The summed E-state index contributed by atoms with van der Waals surface area (Å²) in [5, 5.41) is 8.33. The molecule has 0 aliphatic heterocycles. The van der Waals surface area contributed by atoms with E-state index in [0.29, 0.717) is 6.42 Å². The molecular formula is C10H20ClNSi. The lowest BCUT2D eigenvalue weighted by Crippen LogP contribution is -2.19. The molecular weight excluding hydrogens is 198 g/mol. The molecule has 0 aliphatic rings. The van der Waals surface area contributed by atoms with Crippen molar-refractivity contribution in [2.24, 2.45) is 0 Å². The first-order valence-corrected chi connectivity index (χ1v) is 9.11. The summed E-state index contributed by atoms with van der Waals surface area (Å²) in [6, 6.07) is 4.58. The number of halogens is 1. The van der Waals surface area contributed by atoms with E-state index in [1.54, 1.807) is 0 Å². The zero-order chi connectivity index (χ0) is 10.2. The van der Waals surface area contributed by atoms with Crippen LogP contribution in [0.3, 0.4) is 0 Å².